The van der Waals surface area contributed by atoms with E-state index in [0.29, 0.717) is 12.5 Å². The van der Waals surface area contributed by atoms with Crippen LogP contribution in [0.5, 0.6) is 0 Å². The van der Waals surface area contributed by atoms with Crippen LogP contribution in [0, 0.1) is 12.8 Å². The molecule has 2 aromatic rings. The van der Waals surface area contributed by atoms with Crippen molar-refractivity contribution in [1.82, 2.24) is 25.0 Å². The third-order valence-electron chi connectivity index (χ3n) is 5.10. The van der Waals surface area contributed by atoms with Gasteiger partial charge in [-0.15, -0.1) is 11.3 Å². The summed E-state index contributed by atoms with van der Waals surface area (Å²) in [5.74, 6) is 0.573. The van der Waals surface area contributed by atoms with E-state index >= 15 is 0 Å². The largest absolute Gasteiger partial charge is 0.381 e. The van der Waals surface area contributed by atoms with E-state index in [9.17, 15) is 4.79 Å². The molecule has 1 atom stereocenters. The Bertz CT molecular complexity index is 752. The number of thiazole rings is 1. The van der Waals surface area contributed by atoms with Crippen molar-refractivity contribution in [2.24, 2.45) is 5.92 Å². The summed E-state index contributed by atoms with van der Waals surface area (Å²) in [6.07, 6.45) is 3.83. The van der Waals surface area contributed by atoms with Crippen molar-refractivity contribution < 1.29 is 9.53 Å². The number of carbonyl (C=O) groups is 1. The van der Waals surface area contributed by atoms with Gasteiger partial charge in [-0.3, -0.25) is 14.4 Å². The molecule has 2 aliphatic heterocycles. The molecule has 0 aromatic carbocycles. The molecule has 4 rings (SSSR count). The molecule has 2 aromatic heterocycles. The lowest BCUT2D eigenvalue weighted by Crippen LogP contribution is -2.46. The zero-order chi connectivity index (χ0) is 17.9. The van der Waals surface area contributed by atoms with Crippen LogP contribution in [0.4, 0.5) is 0 Å². The summed E-state index contributed by atoms with van der Waals surface area (Å²) in [5, 5.41) is 10.7. The van der Waals surface area contributed by atoms with Crippen molar-refractivity contribution in [3.05, 3.63) is 34.0 Å². The van der Waals surface area contributed by atoms with Crippen LogP contribution in [0.15, 0.2) is 17.6 Å². The minimum atomic E-state index is -0.283. The van der Waals surface area contributed by atoms with Gasteiger partial charge in [0.15, 0.2) is 0 Å². The van der Waals surface area contributed by atoms with E-state index in [1.807, 2.05) is 17.7 Å². The first-order chi connectivity index (χ1) is 12.7. The van der Waals surface area contributed by atoms with Crippen molar-refractivity contribution in [2.45, 2.75) is 38.9 Å². The van der Waals surface area contributed by atoms with Gasteiger partial charge in [0, 0.05) is 50.1 Å². The van der Waals surface area contributed by atoms with Gasteiger partial charge >= 0.3 is 0 Å². The zero-order valence-corrected chi connectivity index (χ0v) is 15.9. The van der Waals surface area contributed by atoms with Gasteiger partial charge in [-0.1, -0.05) is 0 Å². The molecule has 26 heavy (non-hydrogen) atoms. The van der Waals surface area contributed by atoms with Crippen molar-refractivity contribution in [1.29, 1.82) is 0 Å². The number of rotatable bonds is 5. The molecular formula is C18H25N5O2S. The van der Waals surface area contributed by atoms with Gasteiger partial charge in [0.25, 0.3) is 0 Å². The van der Waals surface area contributed by atoms with Crippen LogP contribution in [-0.4, -0.2) is 51.9 Å². The molecule has 1 saturated heterocycles. The lowest BCUT2D eigenvalue weighted by Gasteiger charge is -2.33. The van der Waals surface area contributed by atoms with Crippen molar-refractivity contribution in [2.75, 3.05) is 26.3 Å². The lowest BCUT2D eigenvalue weighted by molar-refractivity contribution is -0.126. The van der Waals surface area contributed by atoms with Gasteiger partial charge in [-0.25, -0.2) is 4.98 Å². The predicted octanol–water partition coefficient (Wildman–Crippen LogP) is 1.75. The second-order valence-electron chi connectivity index (χ2n) is 7.14. The number of aryl methyl sites for hydroxylation is 1. The van der Waals surface area contributed by atoms with E-state index < -0.39 is 0 Å². The third-order valence-corrected chi connectivity index (χ3v) is 6.05. The second kappa shape index (κ2) is 7.85. The maximum atomic E-state index is 12.9. The number of nitrogens with zero attached hydrogens (tertiary/aromatic N) is 4. The average molecular weight is 375 g/mol. The minimum Gasteiger partial charge on any atom is -0.381 e. The Hall–Kier alpha value is -1.77. The number of amides is 1. The molecule has 2 aliphatic rings. The summed E-state index contributed by atoms with van der Waals surface area (Å²) in [4.78, 5) is 19.7. The fourth-order valence-corrected chi connectivity index (χ4v) is 4.47. The second-order valence-corrected chi connectivity index (χ2v) is 8.08. The van der Waals surface area contributed by atoms with Crippen LogP contribution >= 0.6 is 11.3 Å². The highest BCUT2D eigenvalue weighted by atomic mass is 32.1. The monoisotopic (exact) mass is 375 g/mol. The first-order valence-corrected chi connectivity index (χ1v) is 10.1. The molecule has 7 nitrogen and oxygen atoms in total. The fraction of sp³-hybridized carbons (Fsp3) is 0.611. The number of nitrogens with one attached hydrogen (secondary N) is 1. The van der Waals surface area contributed by atoms with Crippen LogP contribution < -0.4 is 5.32 Å². The van der Waals surface area contributed by atoms with Gasteiger partial charge in [0.05, 0.1) is 12.2 Å². The summed E-state index contributed by atoms with van der Waals surface area (Å²) in [6, 6.07) is 1.72. The Morgan fingerprint density at radius 1 is 1.42 bits per heavy atom. The average Bonchev–Trinajstić information content (AvgIpc) is 3.28. The molecule has 4 heterocycles. The molecule has 0 bridgehead atoms. The van der Waals surface area contributed by atoms with Gasteiger partial charge in [0.2, 0.25) is 5.91 Å². The van der Waals surface area contributed by atoms with E-state index in [-0.39, 0.29) is 11.9 Å². The number of fused-ring (bicyclic) bond motifs is 1. The number of hydrogen-bond donors (Lipinski definition) is 1. The molecule has 0 radical (unpaired) electrons. The molecule has 0 spiro atoms. The molecule has 8 heteroatoms. The normalized spacial score (nSPS) is 21.5. The Labute approximate surface area is 157 Å². The number of aromatic nitrogens is 3. The molecule has 1 amide bonds. The lowest BCUT2D eigenvalue weighted by atomic mass is 10.0. The van der Waals surface area contributed by atoms with E-state index in [4.69, 9.17) is 4.74 Å². The van der Waals surface area contributed by atoms with E-state index in [2.05, 4.69) is 25.7 Å². The third kappa shape index (κ3) is 3.97. The Kier molecular flexibility index (Phi) is 5.33. The SMILES string of the molecule is Cc1csc(CN2Cc3ccnn3C(C(=O)NCC3CCOCC3)C2)n1. The quantitative estimate of drug-likeness (QED) is 0.862. The highest BCUT2D eigenvalue weighted by molar-refractivity contribution is 7.09. The smallest absolute Gasteiger partial charge is 0.246 e. The predicted molar refractivity (Wildman–Crippen MR) is 98.8 cm³/mol. The maximum Gasteiger partial charge on any atom is 0.246 e. The Balaban J connectivity index is 1.41. The number of ether oxygens (including phenoxy) is 1. The van der Waals surface area contributed by atoms with E-state index in [1.54, 1.807) is 17.5 Å². The number of hydrogen-bond acceptors (Lipinski definition) is 6. The highest BCUT2D eigenvalue weighted by Crippen LogP contribution is 2.23. The molecule has 0 aliphatic carbocycles. The summed E-state index contributed by atoms with van der Waals surface area (Å²) in [6.45, 7) is 6.56. The maximum absolute atomic E-state index is 12.9. The number of carbonyl (C=O) groups excluding carboxylic acids is 1. The minimum absolute atomic E-state index is 0.0569. The molecule has 1 unspecified atom stereocenters. The first-order valence-electron chi connectivity index (χ1n) is 9.20. The molecule has 1 fully saturated rings. The van der Waals surface area contributed by atoms with Gasteiger partial charge in [-0.05, 0) is 31.7 Å². The van der Waals surface area contributed by atoms with Crippen molar-refractivity contribution in [3.63, 3.8) is 0 Å². The Morgan fingerprint density at radius 3 is 3.04 bits per heavy atom. The highest BCUT2D eigenvalue weighted by Gasteiger charge is 2.31. The molecule has 0 saturated carbocycles. The summed E-state index contributed by atoms with van der Waals surface area (Å²) >= 11 is 1.68. The van der Waals surface area contributed by atoms with E-state index in [1.165, 1.54) is 0 Å². The van der Waals surface area contributed by atoms with Gasteiger partial charge in [0.1, 0.15) is 11.0 Å². The van der Waals surface area contributed by atoms with Crippen LogP contribution in [0.3, 0.4) is 0 Å². The topological polar surface area (TPSA) is 72.3 Å². The van der Waals surface area contributed by atoms with Gasteiger partial charge in [-0.2, -0.15) is 5.10 Å². The molecule has 1 N–H and O–H groups in total. The summed E-state index contributed by atoms with van der Waals surface area (Å²) in [5.41, 5.74) is 2.13. The fourth-order valence-electron chi connectivity index (χ4n) is 3.66. The van der Waals surface area contributed by atoms with Gasteiger partial charge < -0.3 is 10.1 Å². The van der Waals surface area contributed by atoms with Crippen LogP contribution in [0.1, 0.15) is 35.3 Å². The molecular weight excluding hydrogens is 350 g/mol. The zero-order valence-electron chi connectivity index (χ0n) is 15.1. The Morgan fingerprint density at radius 2 is 2.27 bits per heavy atom. The van der Waals surface area contributed by atoms with E-state index in [0.717, 1.165) is 62.1 Å². The van der Waals surface area contributed by atoms with Crippen LogP contribution in [0.2, 0.25) is 0 Å². The standard InChI is InChI=1S/C18H25N5O2S/c1-13-12-26-17(21-13)11-22-9-15-2-5-20-23(15)16(10-22)18(24)19-8-14-3-6-25-7-4-14/h2,5,12,14,16H,3-4,6-11H2,1H3,(H,19,24). The van der Waals surface area contributed by atoms with Crippen LogP contribution in [0.25, 0.3) is 0 Å². The first kappa shape index (κ1) is 17.6. The summed E-state index contributed by atoms with van der Waals surface area (Å²) in [7, 11) is 0. The van der Waals surface area contributed by atoms with Crippen molar-refractivity contribution in [3.8, 4) is 0 Å². The molecule has 140 valence electrons. The van der Waals surface area contributed by atoms with Crippen LogP contribution in [-0.2, 0) is 22.6 Å². The van der Waals surface area contributed by atoms with Crippen molar-refractivity contribution >= 4 is 17.2 Å². The summed E-state index contributed by atoms with van der Waals surface area (Å²) < 4.78 is 7.27.